The molecule has 3 aromatic rings. The van der Waals surface area contributed by atoms with Gasteiger partial charge >= 0.3 is 0 Å². The van der Waals surface area contributed by atoms with Gasteiger partial charge in [0.1, 0.15) is 0 Å². The fourth-order valence-corrected chi connectivity index (χ4v) is 2.36. The van der Waals surface area contributed by atoms with Crippen LogP contribution in [0.25, 0.3) is 10.8 Å². The zero-order chi connectivity index (χ0) is 15.7. The van der Waals surface area contributed by atoms with Gasteiger partial charge in [0.15, 0.2) is 5.76 Å². The van der Waals surface area contributed by atoms with Crippen LogP contribution in [0.15, 0.2) is 45.8 Å². The lowest BCUT2D eigenvalue weighted by molar-refractivity contribution is 0.0948. The van der Waals surface area contributed by atoms with Crippen LogP contribution in [0.5, 0.6) is 0 Å². The number of fused-ring (bicyclic) bond motifs is 1. The fraction of sp³-hybridized carbons (Fsp3) is 0.188. The quantitative estimate of drug-likeness (QED) is 0.799. The van der Waals surface area contributed by atoms with Crippen LogP contribution in [0.4, 0.5) is 0 Å². The van der Waals surface area contributed by atoms with E-state index in [2.05, 4.69) is 10.5 Å². The van der Waals surface area contributed by atoms with E-state index in [4.69, 9.17) is 4.52 Å². The summed E-state index contributed by atoms with van der Waals surface area (Å²) in [7, 11) is 1.63. The minimum Gasteiger partial charge on any atom is -0.359 e. The first kappa shape index (κ1) is 14.1. The Morgan fingerprint density at radius 3 is 2.73 bits per heavy atom. The number of nitrogens with one attached hydrogen (secondary N) is 1. The van der Waals surface area contributed by atoms with Crippen LogP contribution in [0.1, 0.15) is 21.8 Å². The van der Waals surface area contributed by atoms with Crippen molar-refractivity contribution in [2.75, 3.05) is 0 Å². The lowest BCUT2D eigenvalue weighted by Gasteiger charge is -2.09. The van der Waals surface area contributed by atoms with E-state index >= 15 is 0 Å². The minimum atomic E-state index is -0.263. The average Bonchev–Trinajstić information content (AvgIpc) is 2.94. The third-order valence-corrected chi connectivity index (χ3v) is 3.44. The fourth-order valence-electron chi connectivity index (χ4n) is 2.36. The molecule has 1 aromatic carbocycles. The Kier molecular flexibility index (Phi) is 3.50. The molecule has 3 rings (SSSR count). The van der Waals surface area contributed by atoms with Crippen molar-refractivity contribution in [3.63, 3.8) is 0 Å². The summed E-state index contributed by atoms with van der Waals surface area (Å²) in [6.07, 6.45) is 1.55. The van der Waals surface area contributed by atoms with Gasteiger partial charge < -0.3 is 14.4 Å². The van der Waals surface area contributed by atoms with Crippen molar-refractivity contribution in [1.29, 1.82) is 0 Å². The highest BCUT2D eigenvalue weighted by atomic mass is 16.5. The summed E-state index contributed by atoms with van der Waals surface area (Å²) < 4.78 is 6.47. The molecule has 0 saturated heterocycles. The van der Waals surface area contributed by atoms with Crippen LogP contribution in [-0.2, 0) is 13.6 Å². The highest BCUT2D eigenvalue weighted by Gasteiger charge is 2.14. The molecule has 0 bridgehead atoms. The lowest BCUT2D eigenvalue weighted by atomic mass is 10.1. The largest absolute Gasteiger partial charge is 0.359 e. The van der Waals surface area contributed by atoms with E-state index in [-0.39, 0.29) is 18.0 Å². The van der Waals surface area contributed by atoms with Crippen LogP contribution < -0.4 is 10.9 Å². The van der Waals surface area contributed by atoms with E-state index < -0.39 is 0 Å². The maximum Gasteiger partial charge on any atom is 0.258 e. The predicted octanol–water partition coefficient (Wildman–Crippen LogP) is 1.76. The van der Waals surface area contributed by atoms with Crippen molar-refractivity contribution in [2.24, 2.45) is 7.05 Å². The van der Waals surface area contributed by atoms with Crippen LogP contribution in [0.2, 0.25) is 0 Å². The molecule has 0 unspecified atom stereocenters. The van der Waals surface area contributed by atoms with Crippen molar-refractivity contribution >= 4 is 16.7 Å². The van der Waals surface area contributed by atoms with Crippen molar-refractivity contribution < 1.29 is 9.32 Å². The van der Waals surface area contributed by atoms with Crippen LogP contribution >= 0.6 is 0 Å². The first-order valence-electron chi connectivity index (χ1n) is 6.85. The van der Waals surface area contributed by atoms with Crippen LogP contribution in [-0.4, -0.2) is 15.6 Å². The first-order chi connectivity index (χ1) is 10.6. The summed E-state index contributed by atoms with van der Waals surface area (Å²) in [6.45, 7) is 2.06. The summed E-state index contributed by atoms with van der Waals surface area (Å²) in [4.78, 5) is 24.5. The topological polar surface area (TPSA) is 77.1 Å². The second kappa shape index (κ2) is 5.48. The predicted molar refractivity (Wildman–Crippen MR) is 81.6 cm³/mol. The summed E-state index contributed by atoms with van der Waals surface area (Å²) in [5, 5.41) is 7.71. The number of amides is 1. The molecule has 2 heterocycles. The molecule has 6 nitrogen and oxygen atoms in total. The van der Waals surface area contributed by atoms with Gasteiger partial charge in [-0.15, -0.1) is 0 Å². The maximum atomic E-state index is 12.4. The molecule has 1 amide bonds. The number of carbonyl (C=O) groups excluding carboxylic acids is 1. The minimum absolute atomic E-state index is 0.127. The van der Waals surface area contributed by atoms with E-state index in [1.165, 1.54) is 4.57 Å². The van der Waals surface area contributed by atoms with Gasteiger partial charge in [0, 0.05) is 30.1 Å². The number of hydrogen-bond acceptors (Lipinski definition) is 4. The molecule has 0 aliphatic rings. The Morgan fingerprint density at radius 1 is 1.32 bits per heavy atom. The Balaban J connectivity index is 1.94. The third-order valence-electron chi connectivity index (χ3n) is 3.44. The molecule has 0 aliphatic heterocycles. The summed E-state index contributed by atoms with van der Waals surface area (Å²) in [5.74, 6) is 0.320. The highest BCUT2D eigenvalue weighted by molar-refractivity contribution is 6.06. The Labute approximate surface area is 126 Å². The summed E-state index contributed by atoms with van der Waals surface area (Å²) >= 11 is 0. The Bertz CT molecular complexity index is 908. The second-order valence-corrected chi connectivity index (χ2v) is 5.12. The molecule has 0 saturated carbocycles. The number of benzene rings is 1. The van der Waals surface area contributed by atoms with Gasteiger partial charge in [-0.3, -0.25) is 9.59 Å². The van der Waals surface area contributed by atoms with Gasteiger partial charge in [-0.1, -0.05) is 23.4 Å². The standard InChI is InChI=1S/C16H15N3O3/c1-10-7-11(22-18-10)8-17-15(20)14-9-19(2)16(21)13-6-4-3-5-12(13)14/h3-7,9H,8H2,1-2H3,(H,17,20). The molecule has 0 radical (unpaired) electrons. The summed E-state index contributed by atoms with van der Waals surface area (Å²) in [5.41, 5.74) is 1.09. The maximum absolute atomic E-state index is 12.4. The number of pyridine rings is 1. The van der Waals surface area contributed by atoms with Crippen molar-refractivity contribution in [2.45, 2.75) is 13.5 Å². The number of nitrogens with zero attached hydrogens (tertiary/aromatic N) is 2. The molecule has 0 spiro atoms. The Morgan fingerprint density at radius 2 is 2.05 bits per heavy atom. The van der Waals surface area contributed by atoms with Gasteiger partial charge in [0.05, 0.1) is 17.8 Å². The number of carbonyl (C=O) groups is 1. The number of rotatable bonds is 3. The van der Waals surface area contributed by atoms with Crippen molar-refractivity contribution in [3.05, 3.63) is 63.9 Å². The molecular formula is C16H15N3O3. The van der Waals surface area contributed by atoms with Gasteiger partial charge in [-0.2, -0.15) is 0 Å². The lowest BCUT2D eigenvalue weighted by Crippen LogP contribution is -2.26. The molecule has 1 N–H and O–H groups in total. The van der Waals surface area contributed by atoms with Gasteiger partial charge in [0.2, 0.25) is 0 Å². The zero-order valence-corrected chi connectivity index (χ0v) is 12.3. The number of hydrogen-bond donors (Lipinski definition) is 1. The van der Waals surface area contributed by atoms with Crippen LogP contribution in [0, 0.1) is 6.92 Å². The van der Waals surface area contributed by atoms with E-state index in [0.717, 1.165) is 5.69 Å². The normalized spacial score (nSPS) is 10.8. The Hall–Kier alpha value is -2.89. The molecular weight excluding hydrogens is 282 g/mol. The second-order valence-electron chi connectivity index (χ2n) is 5.12. The molecule has 0 fully saturated rings. The summed E-state index contributed by atoms with van der Waals surface area (Å²) in [6, 6.07) is 8.83. The molecule has 0 aliphatic carbocycles. The van der Waals surface area contributed by atoms with Gasteiger partial charge in [-0.25, -0.2) is 0 Å². The molecule has 2 aromatic heterocycles. The number of aromatic nitrogens is 2. The third kappa shape index (κ3) is 2.50. The van der Waals surface area contributed by atoms with E-state index in [1.54, 1.807) is 43.6 Å². The molecule has 0 atom stereocenters. The average molecular weight is 297 g/mol. The monoisotopic (exact) mass is 297 g/mol. The smallest absolute Gasteiger partial charge is 0.258 e. The molecule has 6 heteroatoms. The SMILES string of the molecule is Cc1cc(CNC(=O)c2cn(C)c(=O)c3ccccc23)on1. The van der Waals surface area contributed by atoms with E-state index in [9.17, 15) is 9.59 Å². The number of aryl methyl sites for hydroxylation is 2. The molecule has 112 valence electrons. The van der Waals surface area contributed by atoms with Crippen molar-refractivity contribution in [3.8, 4) is 0 Å². The van der Waals surface area contributed by atoms with Gasteiger partial charge in [-0.05, 0) is 13.0 Å². The van der Waals surface area contributed by atoms with E-state index in [1.807, 2.05) is 6.92 Å². The highest BCUT2D eigenvalue weighted by Crippen LogP contribution is 2.15. The molecule has 22 heavy (non-hydrogen) atoms. The van der Waals surface area contributed by atoms with E-state index in [0.29, 0.717) is 22.1 Å². The first-order valence-corrected chi connectivity index (χ1v) is 6.85. The zero-order valence-electron chi connectivity index (χ0n) is 12.3. The van der Waals surface area contributed by atoms with Crippen LogP contribution in [0.3, 0.4) is 0 Å². The van der Waals surface area contributed by atoms with Gasteiger partial charge in [0.25, 0.3) is 11.5 Å². The van der Waals surface area contributed by atoms with Crippen molar-refractivity contribution in [1.82, 2.24) is 15.0 Å².